The normalized spacial score (nSPS) is 11.8. The van der Waals surface area contributed by atoms with Gasteiger partial charge in [-0.3, -0.25) is 4.68 Å². The average Bonchev–Trinajstić information content (AvgIpc) is 3.39. The molecule has 0 aliphatic carbocycles. The Balaban J connectivity index is 1.59. The lowest BCUT2D eigenvalue weighted by Gasteiger charge is -2.12. The van der Waals surface area contributed by atoms with Crippen LogP contribution in [0, 0.1) is 0 Å². The molecule has 0 aliphatic heterocycles. The van der Waals surface area contributed by atoms with Crippen LogP contribution < -0.4 is 10.6 Å². The Morgan fingerprint density at radius 3 is 2.69 bits per heavy atom. The number of nitrogens with zero attached hydrogens (tertiary/aromatic N) is 4. The Morgan fingerprint density at radius 2 is 2.00 bits per heavy atom. The lowest BCUT2D eigenvalue weighted by Crippen LogP contribution is -2.38. The van der Waals surface area contributed by atoms with Gasteiger partial charge in [0.05, 0.1) is 23.8 Å². The summed E-state index contributed by atoms with van der Waals surface area (Å²) in [6.45, 7) is 9.46. The van der Waals surface area contributed by atoms with E-state index < -0.39 is 0 Å². The fraction of sp³-hybridized carbons (Fsp3) is 0.409. The molecule has 1 aromatic carbocycles. The highest BCUT2D eigenvalue weighted by molar-refractivity contribution is 7.09. The quantitative estimate of drug-likeness (QED) is 0.416. The van der Waals surface area contributed by atoms with Gasteiger partial charge in [-0.15, -0.1) is 11.3 Å². The van der Waals surface area contributed by atoms with Crippen molar-refractivity contribution in [1.82, 2.24) is 25.4 Å². The second kappa shape index (κ2) is 10.8. The van der Waals surface area contributed by atoms with Crippen molar-refractivity contribution < 1.29 is 0 Å². The molecule has 0 fully saturated rings. The molecule has 3 aromatic rings. The zero-order chi connectivity index (χ0) is 20.5. The molecular weight excluding hydrogens is 380 g/mol. The van der Waals surface area contributed by atoms with Crippen molar-refractivity contribution in [2.24, 2.45) is 4.99 Å². The van der Waals surface area contributed by atoms with Crippen LogP contribution in [0.2, 0.25) is 0 Å². The summed E-state index contributed by atoms with van der Waals surface area (Å²) in [4.78, 5) is 9.49. The first-order chi connectivity index (χ1) is 14.2. The van der Waals surface area contributed by atoms with Gasteiger partial charge in [0.2, 0.25) is 0 Å². The van der Waals surface area contributed by atoms with Crippen LogP contribution in [0.3, 0.4) is 0 Å². The van der Waals surface area contributed by atoms with E-state index in [0.29, 0.717) is 12.5 Å². The summed E-state index contributed by atoms with van der Waals surface area (Å²) in [5.74, 6) is 1.32. The molecule has 0 bridgehead atoms. The number of guanidine groups is 1. The molecule has 29 heavy (non-hydrogen) atoms. The number of benzene rings is 1. The number of aromatic nitrogens is 3. The molecule has 0 spiro atoms. The highest BCUT2D eigenvalue weighted by Gasteiger charge is 2.07. The average molecular weight is 411 g/mol. The van der Waals surface area contributed by atoms with Gasteiger partial charge in [0.1, 0.15) is 0 Å². The zero-order valence-electron chi connectivity index (χ0n) is 17.4. The fourth-order valence-electron chi connectivity index (χ4n) is 2.95. The van der Waals surface area contributed by atoms with Gasteiger partial charge in [-0.2, -0.15) is 5.10 Å². The molecule has 6 nitrogen and oxygen atoms in total. The van der Waals surface area contributed by atoms with Gasteiger partial charge >= 0.3 is 0 Å². The molecule has 0 atom stereocenters. The van der Waals surface area contributed by atoms with Gasteiger partial charge in [-0.25, -0.2) is 9.98 Å². The summed E-state index contributed by atoms with van der Waals surface area (Å²) < 4.78 is 1.94. The van der Waals surface area contributed by atoms with Crippen LogP contribution in [0.15, 0.2) is 53.1 Å². The smallest absolute Gasteiger partial charge is 0.191 e. The Bertz CT molecular complexity index is 898. The first kappa shape index (κ1) is 21.0. The SMILES string of the molecule is CCNC(=NCc1ccccc1Cn1cccn1)NCCc1csc(C(C)C)n1. The molecule has 154 valence electrons. The van der Waals surface area contributed by atoms with Gasteiger partial charge < -0.3 is 10.6 Å². The molecule has 0 radical (unpaired) electrons. The molecule has 0 saturated heterocycles. The third-order valence-corrected chi connectivity index (χ3v) is 5.69. The van der Waals surface area contributed by atoms with Crippen molar-refractivity contribution in [3.63, 3.8) is 0 Å². The van der Waals surface area contributed by atoms with E-state index in [4.69, 9.17) is 9.98 Å². The zero-order valence-corrected chi connectivity index (χ0v) is 18.2. The van der Waals surface area contributed by atoms with Crippen molar-refractivity contribution in [3.8, 4) is 0 Å². The highest BCUT2D eigenvalue weighted by atomic mass is 32.1. The maximum atomic E-state index is 4.79. The number of aliphatic imine (C=N–C) groups is 1. The first-order valence-corrected chi connectivity index (χ1v) is 11.0. The number of hydrogen-bond acceptors (Lipinski definition) is 4. The monoisotopic (exact) mass is 410 g/mol. The van der Waals surface area contributed by atoms with Crippen LogP contribution in [0.5, 0.6) is 0 Å². The molecule has 7 heteroatoms. The van der Waals surface area contributed by atoms with Crippen LogP contribution >= 0.6 is 11.3 Å². The van der Waals surface area contributed by atoms with E-state index in [1.54, 1.807) is 17.5 Å². The minimum atomic E-state index is 0.488. The van der Waals surface area contributed by atoms with Crippen molar-refractivity contribution >= 4 is 17.3 Å². The Morgan fingerprint density at radius 1 is 1.17 bits per heavy atom. The maximum Gasteiger partial charge on any atom is 0.191 e. The molecule has 3 rings (SSSR count). The Kier molecular flexibility index (Phi) is 7.81. The standard InChI is InChI=1S/C22H30N6S/c1-4-23-22(24-12-10-20-16-29-21(27-20)17(2)3)25-14-18-8-5-6-9-19(18)15-28-13-7-11-26-28/h5-9,11,13,16-17H,4,10,12,14-15H2,1-3H3,(H2,23,24,25). The van der Waals surface area contributed by atoms with Crippen LogP contribution in [0.4, 0.5) is 0 Å². The summed E-state index contributed by atoms with van der Waals surface area (Å²) in [6.07, 6.45) is 4.68. The predicted molar refractivity (Wildman–Crippen MR) is 120 cm³/mol. The fourth-order valence-corrected chi connectivity index (χ4v) is 3.82. The van der Waals surface area contributed by atoms with Crippen LogP contribution in [0.1, 0.15) is 48.5 Å². The highest BCUT2D eigenvalue weighted by Crippen LogP contribution is 2.19. The van der Waals surface area contributed by atoms with Crippen molar-refractivity contribution in [2.75, 3.05) is 13.1 Å². The summed E-state index contributed by atoms with van der Waals surface area (Å²) in [5, 5.41) is 14.4. The largest absolute Gasteiger partial charge is 0.357 e. The summed E-state index contributed by atoms with van der Waals surface area (Å²) in [5.41, 5.74) is 3.59. The van der Waals surface area contributed by atoms with Crippen molar-refractivity contribution in [3.05, 3.63) is 69.9 Å². The van der Waals surface area contributed by atoms with E-state index in [0.717, 1.165) is 37.7 Å². The number of hydrogen-bond donors (Lipinski definition) is 2. The topological polar surface area (TPSA) is 67.1 Å². The van der Waals surface area contributed by atoms with Crippen molar-refractivity contribution in [2.45, 2.75) is 46.2 Å². The minimum Gasteiger partial charge on any atom is -0.357 e. The van der Waals surface area contributed by atoms with Crippen LogP contribution in [-0.2, 0) is 19.5 Å². The summed E-state index contributed by atoms with van der Waals surface area (Å²) >= 11 is 1.75. The predicted octanol–water partition coefficient (Wildman–Crippen LogP) is 3.81. The number of nitrogens with one attached hydrogen (secondary N) is 2. The van der Waals surface area contributed by atoms with E-state index in [9.17, 15) is 0 Å². The molecule has 0 amide bonds. The van der Waals surface area contributed by atoms with Gasteiger partial charge in [-0.05, 0) is 24.1 Å². The second-order valence-electron chi connectivity index (χ2n) is 7.18. The van der Waals surface area contributed by atoms with Crippen LogP contribution in [-0.4, -0.2) is 33.8 Å². The third kappa shape index (κ3) is 6.42. The Hall–Kier alpha value is -2.67. The van der Waals surface area contributed by atoms with E-state index in [2.05, 4.69) is 66.1 Å². The van der Waals surface area contributed by atoms with E-state index in [1.165, 1.54) is 16.1 Å². The Labute approximate surface area is 177 Å². The van der Waals surface area contributed by atoms with Gasteiger partial charge in [0.25, 0.3) is 0 Å². The van der Waals surface area contributed by atoms with Gasteiger partial charge in [-0.1, -0.05) is 38.1 Å². The van der Waals surface area contributed by atoms with Crippen molar-refractivity contribution in [1.29, 1.82) is 0 Å². The number of rotatable bonds is 9. The molecular formula is C22H30N6S. The molecule has 2 N–H and O–H groups in total. The third-order valence-electron chi connectivity index (χ3n) is 4.50. The second-order valence-corrected chi connectivity index (χ2v) is 8.07. The molecule has 0 unspecified atom stereocenters. The lowest BCUT2D eigenvalue weighted by molar-refractivity contribution is 0.680. The molecule has 0 aliphatic rings. The summed E-state index contributed by atoms with van der Waals surface area (Å²) in [7, 11) is 0. The van der Waals surface area contributed by atoms with E-state index in [-0.39, 0.29) is 0 Å². The minimum absolute atomic E-state index is 0.488. The molecule has 0 saturated carbocycles. The molecule has 2 heterocycles. The van der Waals surface area contributed by atoms with E-state index in [1.807, 2.05) is 16.9 Å². The summed E-state index contributed by atoms with van der Waals surface area (Å²) in [6, 6.07) is 10.3. The first-order valence-electron chi connectivity index (χ1n) is 10.2. The number of thiazole rings is 1. The van der Waals surface area contributed by atoms with Gasteiger partial charge in [0, 0.05) is 43.2 Å². The van der Waals surface area contributed by atoms with E-state index >= 15 is 0 Å². The van der Waals surface area contributed by atoms with Gasteiger partial charge in [0.15, 0.2) is 5.96 Å². The molecule has 2 aromatic heterocycles. The lowest BCUT2D eigenvalue weighted by atomic mass is 10.1. The van der Waals surface area contributed by atoms with Crippen LogP contribution in [0.25, 0.3) is 0 Å². The maximum absolute atomic E-state index is 4.79.